The van der Waals surface area contributed by atoms with Crippen molar-refractivity contribution >= 4 is 28.3 Å². The maximum absolute atomic E-state index is 11.1. The number of hydrogen-bond acceptors (Lipinski definition) is 5. The highest BCUT2D eigenvalue weighted by Gasteiger charge is 2.09. The summed E-state index contributed by atoms with van der Waals surface area (Å²) in [6.45, 7) is 5.59. The Hall–Kier alpha value is -1.95. The molecule has 1 atom stereocenters. The van der Waals surface area contributed by atoms with Gasteiger partial charge in [-0.05, 0) is 24.6 Å². The Morgan fingerprint density at radius 3 is 2.90 bits per heavy atom. The minimum atomic E-state index is -0.0699. The topological polar surface area (TPSA) is 66.9 Å². The largest absolute Gasteiger partial charge is 0.354 e. The van der Waals surface area contributed by atoms with Gasteiger partial charge in [-0.25, -0.2) is 4.98 Å². The minimum Gasteiger partial charge on any atom is -0.354 e. The Kier molecular flexibility index (Phi) is 4.68. The van der Waals surface area contributed by atoms with E-state index in [1.54, 1.807) is 0 Å². The number of hydrogen-bond donors (Lipinski definition) is 2. The van der Waals surface area contributed by atoms with Crippen LogP contribution in [-0.4, -0.2) is 15.3 Å². The molecular formula is C14H18N4OS. The molecule has 1 amide bonds. The van der Waals surface area contributed by atoms with E-state index in [1.165, 1.54) is 18.5 Å². The summed E-state index contributed by atoms with van der Waals surface area (Å²) in [5.74, 6) is 0.788. The van der Waals surface area contributed by atoms with Gasteiger partial charge in [0.15, 0.2) is 0 Å². The number of anilines is 2. The molecule has 1 unspecified atom stereocenters. The van der Waals surface area contributed by atoms with Crippen LogP contribution in [-0.2, 0) is 11.2 Å². The molecule has 0 spiro atoms. The Labute approximate surface area is 122 Å². The number of aryl methyl sites for hydroxylation is 1. The maximum atomic E-state index is 11.1. The zero-order valence-electron chi connectivity index (χ0n) is 11.8. The lowest BCUT2D eigenvalue weighted by Gasteiger charge is -2.14. The molecule has 6 heteroatoms. The average Bonchev–Trinajstić information content (AvgIpc) is 2.86. The second-order valence-corrected chi connectivity index (χ2v) is 5.29. The first kappa shape index (κ1) is 14.5. The highest BCUT2D eigenvalue weighted by atomic mass is 32.1. The molecule has 5 nitrogen and oxygen atoms in total. The lowest BCUT2D eigenvalue weighted by molar-refractivity contribution is -0.114. The SMILES string of the molecule is CCc1nsc(NC(C)c2cccc(NC(C)=O)c2)n1. The zero-order chi connectivity index (χ0) is 14.5. The molecular weight excluding hydrogens is 272 g/mol. The van der Waals surface area contributed by atoms with E-state index < -0.39 is 0 Å². The van der Waals surface area contributed by atoms with Crippen LogP contribution >= 0.6 is 11.5 Å². The van der Waals surface area contributed by atoms with E-state index in [0.29, 0.717) is 0 Å². The number of amides is 1. The molecule has 106 valence electrons. The highest BCUT2D eigenvalue weighted by Crippen LogP contribution is 2.22. The van der Waals surface area contributed by atoms with Crippen LogP contribution in [0.1, 0.15) is 38.2 Å². The number of benzene rings is 1. The molecule has 0 aliphatic carbocycles. The van der Waals surface area contributed by atoms with Gasteiger partial charge in [-0.3, -0.25) is 4.79 Å². The Morgan fingerprint density at radius 1 is 1.45 bits per heavy atom. The van der Waals surface area contributed by atoms with E-state index in [9.17, 15) is 4.79 Å². The Morgan fingerprint density at radius 2 is 2.25 bits per heavy atom. The number of aromatic nitrogens is 2. The summed E-state index contributed by atoms with van der Waals surface area (Å²) in [6, 6.07) is 7.88. The van der Waals surface area contributed by atoms with E-state index in [1.807, 2.05) is 31.2 Å². The fourth-order valence-corrected chi connectivity index (χ4v) is 2.55. The number of nitrogens with one attached hydrogen (secondary N) is 2. The van der Waals surface area contributed by atoms with Gasteiger partial charge >= 0.3 is 0 Å². The van der Waals surface area contributed by atoms with E-state index >= 15 is 0 Å². The highest BCUT2D eigenvalue weighted by molar-refractivity contribution is 7.09. The summed E-state index contributed by atoms with van der Waals surface area (Å²) in [4.78, 5) is 15.5. The van der Waals surface area contributed by atoms with E-state index in [0.717, 1.165) is 28.6 Å². The number of rotatable bonds is 5. The molecule has 0 saturated heterocycles. The maximum Gasteiger partial charge on any atom is 0.221 e. The second kappa shape index (κ2) is 6.47. The molecule has 0 bridgehead atoms. The van der Waals surface area contributed by atoms with Gasteiger partial charge < -0.3 is 10.6 Å². The van der Waals surface area contributed by atoms with Crippen molar-refractivity contribution in [3.63, 3.8) is 0 Å². The van der Waals surface area contributed by atoms with Crippen LogP contribution < -0.4 is 10.6 Å². The molecule has 1 aromatic carbocycles. The van der Waals surface area contributed by atoms with Crippen molar-refractivity contribution < 1.29 is 4.79 Å². The summed E-state index contributed by atoms with van der Waals surface area (Å²) in [6.07, 6.45) is 0.838. The third-order valence-electron chi connectivity index (χ3n) is 2.83. The van der Waals surface area contributed by atoms with Crippen LogP contribution in [0.15, 0.2) is 24.3 Å². The number of carbonyl (C=O) groups excluding carboxylic acids is 1. The molecule has 2 N–H and O–H groups in total. The predicted octanol–water partition coefficient (Wildman–Crippen LogP) is 3.23. The lowest BCUT2D eigenvalue weighted by atomic mass is 10.1. The monoisotopic (exact) mass is 290 g/mol. The Balaban J connectivity index is 2.08. The second-order valence-electron chi connectivity index (χ2n) is 4.54. The third-order valence-corrected chi connectivity index (χ3v) is 3.52. The summed E-state index contributed by atoms with van der Waals surface area (Å²) in [7, 11) is 0. The molecule has 1 heterocycles. The first-order valence-corrected chi connectivity index (χ1v) is 7.32. The van der Waals surface area contributed by atoms with Gasteiger partial charge in [-0.15, -0.1) is 0 Å². The van der Waals surface area contributed by atoms with Crippen LogP contribution in [0, 0.1) is 0 Å². The fourth-order valence-electron chi connectivity index (χ4n) is 1.81. The van der Waals surface area contributed by atoms with Crippen molar-refractivity contribution in [1.29, 1.82) is 0 Å². The number of nitrogens with zero attached hydrogens (tertiary/aromatic N) is 2. The molecule has 20 heavy (non-hydrogen) atoms. The van der Waals surface area contributed by atoms with Crippen molar-refractivity contribution in [3.05, 3.63) is 35.7 Å². The van der Waals surface area contributed by atoms with Crippen LogP contribution in [0.3, 0.4) is 0 Å². The van der Waals surface area contributed by atoms with Gasteiger partial charge in [-0.1, -0.05) is 19.1 Å². The van der Waals surface area contributed by atoms with Gasteiger partial charge in [0.25, 0.3) is 0 Å². The molecule has 0 saturated carbocycles. The minimum absolute atomic E-state index is 0.0699. The van der Waals surface area contributed by atoms with E-state index in [-0.39, 0.29) is 11.9 Å². The third kappa shape index (κ3) is 3.77. The molecule has 1 aromatic heterocycles. The summed E-state index contributed by atoms with van der Waals surface area (Å²) in [5, 5.41) is 6.93. The van der Waals surface area contributed by atoms with Crippen molar-refractivity contribution in [2.24, 2.45) is 0 Å². The van der Waals surface area contributed by atoms with Crippen LogP contribution in [0.4, 0.5) is 10.8 Å². The van der Waals surface area contributed by atoms with Crippen molar-refractivity contribution in [2.45, 2.75) is 33.2 Å². The standard InChI is InChI=1S/C14H18N4OS/c1-4-13-17-14(20-18-13)15-9(2)11-6-5-7-12(8-11)16-10(3)19/h5-9H,4H2,1-3H3,(H,16,19)(H,15,17,18). The Bertz CT molecular complexity index is 596. The fraction of sp³-hybridized carbons (Fsp3) is 0.357. The van der Waals surface area contributed by atoms with Crippen LogP contribution in [0.5, 0.6) is 0 Å². The molecule has 0 aliphatic rings. The van der Waals surface area contributed by atoms with E-state index in [2.05, 4.69) is 26.9 Å². The normalized spacial score (nSPS) is 11.9. The van der Waals surface area contributed by atoms with Gasteiger partial charge in [-0.2, -0.15) is 4.37 Å². The van der Waals surface area contributed by atoms with Gasteiger partial charge in [0.2, 0.25) is 11.0 Å². The summed E-state index contributed by atoms with van der Waals surface area (Å²) >= 11 is 1.37. The molecule has 2 rings (SSSR count). The van der Waals surface area contributed by atoms with Crippen molar-refractivity contribution in [1.82, 2.24) is 9.36 Å². The quantitative estimate of drug-likeness (QED) is 0.887. The smallest absolute Gasteiger partial charge is 0.221 e. The molecule has 0 fully saturated rings. The van der Waals surface area contributed by atoms with Gasteiger partial charge in [0.1, 0.15) is 5.82 Å². The van der Waals surface area contributed by atoms with Crippen molar-refractivity contribution in [3.8, 4) is 0 Å². The van der Waals surface area contributed by atoms with Crippen LogP contribution in [0.25, 0.3) is 0 Å². The summed E-state index contributed by atoms with van der Waals surface area (Å²) in [5.41, 5.74) is 1.89. The van der Waals surface area contributed by atoms with Crippen molar-refractivity contribution in [2.75, 3.05) is 10.6 Å². The first-order chi connectivity index (χ1) is 9.58. The lowest BCUT2D eigenvalue weighted by Crippen LogP contribution is -2.09. The first-order valence-electron chi connectivity index (χ1n) is 6.55. The number of carbonyl (C=O) groups is 1. The van der Waals surface area contributed by atoms with Crippen LogP contribution in [0.2, 0.25) is 0 Å². The summed E-state index contributed by atoms with van der Waals surface area (Å²) < 4.78 is 4.25. The molecule has 2 aromatic rings. The molecule has 0 radical (unpaired) electrons. The van der Waals surface area contributed by atoms with Gasteiger partial charge in [0.05, 0.1) is 6.04 Å². The average molecular weight is 290 g/mol. The van der Waals surface area contributed by atoms with Gasteiger partial charge in [0, 0.05) is 30.6 Å². The predicted molar refractivity (Wildman–Crippen MR) is 82.1 cm³/mol. The van der Waals surface area contributed by atoms with E-state index in [4.69, 9.17) is 0 Å². The molecule has 0 aliphatic heterocycles. The zero-order valence-corrected chi connectivity index (χ0v) is 12.6.